The molecule has 1 aliphatic heterocycles. The number of para-hydroxylation sites is 1. The van der Waals surface area contributed by atoms with E-state index < -0.39 is 28.4 Å². The molecule has 3 aromatic rings. The number of ketones is 1. The van der Waals surface area contributed by atoms with E-state index in [9.17, 15) is 24.8 Å². The van der Waals surface area contributed by atoms with Gasteiger partial charge in [0.15, 0.2) is 0 Å². The summed E-state index contributed by atoms with van der Waals surface area (Å²) >= 11 is 0. The molecule has 0 aliphatic carbocycles. The molecule has 184 valence electrons. The van der Waals surface area contributed by atoms with Crippen molar-refractivity contribution in [2.24, 2.45) is 0 Å². The quantitative estimate of drug-likeness (QED) is 0.174. The second kappa shape index (κ2) is 9.91. The number of nitrogens with zero attached hydrogens (tertiary/aromatic N) is 3. The van der Waals surface area contributed by atoms with Crippen LogP contribution >= 0.6 is 0 Å². The van der Waals surface area contributed by atoms with Crippen LogP contribution in [0.25, 0.3) is 5.76 Å². The fourth-order valence-electron chi connectivity index (χ4n) is 4.26. The van der Waals surface area contributed by atoms with Gasteiger partial charge in [-0.05, 0) is 35.9 Å². The maximum Gasteiger partial charge on any atom is 0.295 e. The lowest BCUT2D eigenvalue weighted by molar-refractivity contribution is -0.384. The fourth-order valence-corrected chi connectivity index (χ4v) is 4.26. The van der Waals surface area contributed by atoms with Crippen LogP contribution in [0.5, 0.6) is 5.75 Å². The highest BCUT2D eigenvalue weighted by Gasteiger charge is 2.46. The van der Waals surface area contributed by atoms with Gasteiger partial charge in [0.05, 0.1) is 30.2 Å². The van der Waals surface area contributed by atoms with Gasteiger partial charge in [0.1, 0.15) is 11.5 Å². The van der Waals surface area contributed by atoms with Crippen LogP contribution in [-0.4, -0.2) is 47.8 Å². The largest absolute Gasteiger partial charge is 0.507 e. The maximum absolute atomic E-state index is 13.3. The molecule has 9 heteroatoms. The Labute approximate surface area is 208 Å². The minimum atomic E-state index is -0.874. The van der Waals surface area contributed by atoms with Crippen molar-refractivity contribution < 1.29 is 24.4 Å². The van der Waals surface area contributed by atoms with Gasteiger partial charge in [-0.2, -0.15) is 0 Å². The topological polar surface area (TPSA) is 113 Å². The van der Waals surface area contributed by atoms with Gasteiger partial charge in [0.25, 0.3) is 17.4 Å². The normalized spacial score (nSPS) is 16.8. The first-order valence-electron chi connectivity index (χ1n) is 11.2. The number of rotatable bonds is 7. The number of Topliss-reactive ketones (excluding diaryl/α,β-unsaturated/α-hetero) is 1. The number of likely N-dealkylation sites (tertiary alicyclic amines) is 1. The SMILES string of the molecule is COc1ccccc1CN1C(=O)C(=O)/C(=C(\O)c2ccc([N+](=O)[O-])cc2)C1c1ccc(N(C)C)cc1. The zero-order valence-corrected chi connectivity index (χ0v) is 20.0. The number of nitro benzene ring substituents is 1. The Morgan fingerprint density at radius 1 is 1.03 bits per heavy atom. The van der Waals surface area contributed by atoms with Gasteiger partial charge < -0.3 is 19.6 Å². The molecule has 0 radical (unpaired) electrons. The first-order chi connectivity index (χ1) is 17.2. The Morgan fingerprint density at radius 2 is 1.67 bits per heavy atom. The van der Waals surface area contributed by atoms with E-state index in [0.717, 1.165) is 5.69 Å². The molecule has 3 aromatic carbocycles. The first kappa shape index (κ1) is 24.5. The standard InChI is InChI=1S/C27H25N3O6/c1-28(2)20-12-8-17(9-13-20)24-23(25(31)18-10-14-21(15-11-18)30(34)35)26(32)27(33)29(24)16-19-6-4-5-7-22(19)36-3/h4-15,24,31H,16H2,1-3H3/b25-23-. The van der Waals surface area contributed by atoms with Crippen LogP contribution in [0.2, 0.25) is 0 Å². The number of methoxy groups -OCH3 is 1. The van der Waals surface area contributed by atoms with Gasteiger partial charge in [-0.15, -0.1) is 0 Å². The third-order valence-electron chi connectivity index (χ3n) is 6.15. The van der Waals surface area contributed by atoms with Crippen molar-refractivity contribution in [2.45, 2.75) is 12.6 Å². The second-order valence-corrected chi connectivity index (χ2v) is 8.53. The van der Waals surface area contributed by atoms with E-state index in [1.54, 1.807) is 12.1 Å². The van der Waals surface area contributed by atoms with Gasteiger partial charge in [-0.25, -0.2) is 0 Å². The van der Waals surface area contributed by atoms with E-state index in [1.807, 2.05) is 55.4 Å². The van der Waals surface area contributed by atoms with Crippen molar-refractivity contribution in [1.29, 1.82) is 0 Å². The van der Waals surface area contributed by atoms with E-state index in [-0.39, 0.29) is 23.4 Å². The number of hydrogen-bond donors (Lipinski definition) is 1. The summed E-state index contributed by atoms with van der Waals surface area (Å²) in [6.45, 7) is 0.0751. The Bertz CT molecular complexity index is 1350. The lowest BCUT2D eigenvalue weighted by Crippen LogP contribution is -2.29. The summed E-state index contributed by atoms with van der Waals surface area (Å²) in [6, 6.07) is 18.9. The smallest absolute Gasteiger partial charge is 0.295 e. The highest BCUT2D eigenvalue weighted by molar-refractivity contribution is 6.46. The summed E-state index contributed by atoms with van der Waals surface area (Å²) in [5.41, 5.74) is 2.23. The van der Waals surface area contributed by atoms with Gasteiger partial charge in [0.2, 0.25) is 0 Å². The van der Waals surface area contributed by atoms with Crippen molar-refractivity contribution in [1.82, 2.24) is 4.90 Å². The third-order valence-corrected chi connectivity index (χ3v) is 6.15. The average molecular weight is 488 g/mol. The van der Waals surface area contributed by atoms with Crippen molar-refractivity contribution in [3.8, 4) is 5.75 Å². The van der Waals surface area contributed by atoms with Crippen LogP contribution in [0.3, 0.4) is 0 Å². The molecule has 1 N–H and O–H groups in total. The Hall–Kier alpha value is -4.66. The zero-order chi connectivity index (χ0) is 26.0. The van der Waals surface area contributed by atoms with Crippen LogP contribution in [0.4, 0.5) is 11.4 Å². The number of aliphatic hydroxyl groups excluding tert-OH is 1. The van der Waals surface area contributed by atoms with Crippen molar-refractivity contribution >= 4 is 28.8 Å². The van der Waals surface area contributed by atoms with Crippen LogP contribution in [0.15, 0.2) is 78.4 Å². The molecule has 0 saturated carbocycles. The number of non-ortho nitro benzene ring substituents is 1. The lowest BCUT2D eigenvalue weighted by Gasteiger charge is -2.26. The van der Waals surface area contributed by atoms with E-state index in [0.29, 0.717) is 16.9 Å². The molecule has 4 rings (SSSR count). The number of amides is 1. The number of carbonyl (C=O) groups is 2. The lowest BCUT2D eigenvalue weighted by atomic mass is 9.95. The number of anilines is 1. The monoisotopic (exact) mass is 487 g/mol. The van der Waals surface area contributed by atoms with Crippen LogP contribution in [-0.2, 0) is 16.1 Å². The Morgan fingerprint density at radius 3 is 2.25 bits per heavy atom. The van der Waals surface area contributed by atoms with Gasteiger partial charge in [-0.3, -0.25) is 19.7 Å². The number of ether oxygens (including phenoxy) is 1. The number of nitro groups is 1. The Kier molecular flexibility index (Phi) is 6.73. The molecule has 0 spiro atoms. The molecule has 1 aliphatic rings. The van der Waals surface area contributed by atoms with E-state index >= 15 is 0 Å². The number of hydrogen-bond acceptors (Lipinski definition) is 7. The van der Waals surface area contributed by atoms with Crippen molar-refractivity contribution in [2.75, 3.05) is 26.1 Å². The highest BCUT2D eigenvalue weighted by atomic mass is 16.6. The highest BCUT2D eigenvalue weighted by Crippen LogP contribution is 2.41. The van der Waals surface area contributed by atoms with Crippen molar-refractivity contribution in [3.63, 3.8) is 0 Å². The number of benzene rings is 3. The van der Waals surface area contributed by atoms with Crippen LogP contribution in [0.1, 0.15) is 22.7 Å². The molecule has 1 heterocycles. The first-order valence-corrected chi connectivity index (χ1v) is 11.2. The zero-order valence-electron chi connectivity index (χ0n) is 20.0. The molecule has 0 bridgehead atoms. The summed E-state index contributed by atoms with van der Waals surface area (Å²) in [6.07, 6.45) is 0. The summed E-state index contributed by atoms with van der Waals surface area (Å²) in [5, 5.41) is 22.2. The van der Waals surface area contributed by atoms with Gasteiger partial charge in [0, 0.05) is 43.0 Å². The molecule has 36 heavy (non-hydrogen) atoms. The van der Waals surface area contributed by atoms with Crippen LogP contribution < -0.4 is 9.64 Å². The maximum atomic E-state index is 13.3. The van der Waals surface area contributed by atoms with Gasteiger partial charge in [-0.1, -0.05) is 30.3 Å². The molecule has 1 saturated heterocycles. The number of aliphatic hydroxyl groups is 1. The second-order valence-electron chi connectivity index (χ2n) is 8.53. The summed E-state index contributed by atoms with van der Waals surface area (Å²) in [5.74, 6) is -1.42. The Balaban J connectivity index is 1.85. The third kappa shape index (κ3) is 4.50. The fraction of sp³-hybridized carbons (Fsp3) is 0.185. The molecule has 1 atom stereocenters. The predicted octanol–water partition coefficient (Wildman–Crippen LogP) is 4.29. The molecule has 9 nitrogen and oxygen atoms in total. The molecule has 0 aromatic heterocycles. The van der Waals surface area contributed by atoms with E-state index in [1.165, 1.54) is 36.3 Å². The summed E-state index contributed by atoms with van der Waals surface area (Å²) < 4.78 is 5.43. The van der Waals surface area contributed by atoms with E-state index in [2.05, 4.69) is 0 Å². The summed E-state index contributed by atoms with van der Waals surface area (Å²) in [4.78, 5) is 40.3. The van der Waals surface area contributed by atoms with Crippen molar-refractivity contribution in [3.05, 3.63) is 105 Å². The molecule has 1 unspecified atom stereocenters. The van der Waals surface area contributed by atoms with Crippen LogP contribution in [0, 0.1) is 10.1 Å². The minimum absolute atomic E-state index is 0.0751. The van der Waals surface area contributed by atoms with Gasteiger partial charge >= 0.3 is 0 Å². The molecule has 1 amide bonds. The molecule has 1 fully saturated rings. The summed E-state index contributed by atoms with van der Waals surface area (Å²) in [7, 11) is 5.33. The van der Waals surface area contributed by atoms with E-state index in [4.69, 9.17) is 4.74 Å². The molecular formula is C27H25N3O6. The average Bonchev–Trinajstić information content (AvgIpc) is 3.13. The predicted molar refractivity (Wildman–Crippen MR) is 135 cm³/mol. The minimum Gasteiger partial charge on any atom is -0.507 e. The molecular weight excluding hydrogens is 462 g/mol. The number of carbonyl (C=O) groups excluding carboxylic acids is 2.